The summed E-state index contributed by atoms with van der Waals surface area (Å²) in [6.07, 6.45) is 5.07. The molecule has 8 heteroatoms. The van der Waals surface area contributed by atoms with Crippen LogP contribution >= 0.6 is 0 Å². The topological polar surface area (TPSA) is 93.7 Å². The minimum absolute atomic E-state index is 0.171. The first-order chi connectivity index (χ1) is 9.28. The summed E-state index contributed by atoms with van der Waals surface area (Å²) in [5, 5.41) is 24.2. The third-order valence-corrected chi connectivity index (χ3v) is 2.61. The Kier molecular flexibility index (Phi) is 4.99. The Morgan fingerprint density at radius 1 is 1.42 bits per heavy atom. The number of aryl methyl sites for hydroxylation is 2. The standard InChI is InChI=1S/C11H19N7O/c1-17-9-13-11(15-17)3-4-12-7-10-8-18(16-14-10)5-2-6-19/h8-9,12,19H,2-7H2,1H3. The molecular formula is C11H19N7O. The molecule has 0 saturated carbocycles. The second-order valence-electron chi connectivity index (χ2n) is 4.31. The predicted octanol–water partition coefficient (Wildman–Crippen LogP) is -0.879. The summed E-state index contributed by atoms with van der Waals surface area (Å²) in [4.78, 5) is 4.15. The molecule has 0 aliphatic heterocycles. The molecule has 2 N–H and O–H groups in total. The lowest BCUT2D eigenvalue weighted by Crippen LogP contribution is -2.17. The molecule has 0 amide bonds. The number of nitrogens with zero attached hydrogens (tertiary/aromatic N) is 6. The second-order valence-corrected chi connectivity index (χ2v) is 4.31. The van der Waals surface area contributed by atoms with E-state index in [1.807, 2.05) is 13.2 Å². The van der Waals surface area contributed by atoms with Crippen molar-refractivity contribution in [1.82, 2.24) is 35.1 Å². The van der Waals surface area contributed by atoms with Crippen molar-refractivity contribution < 1.29 is 5.11 Å². The van der Waals surface area contributed by atoms with Crippen LogP contribution in [-0.2, 0) is 26.6 Å². The molecule has 0 aliphatic rings. The number of hydrogen-bond acceptors (Lipinski definition) is 6. The highest BCUT2D eigenvalue weighted by Gasteiger charge is 2.01. The van der Waals surface area contributed by atoms with E-state index in [0.717, 1.165) is 24.5 Å². The van der Waals surface area contributed by atoms with Gasteiger partial charge < -0.3 is 10.4 Å². The van der Waals surface area contributed by atoms with Gasteiger partial charge in [0.25, 0.3) is 0 Å². The van der Waals surface area contributed by atoms with Gasteiger partial charge in [0.1, 0.15) is 6.33 Å². The van der Waals surface area contributed by atoms with Gasteiger partial charge >= 0.3 is 0 Å². The van der Waals surface area contributed by atoms with Gasteiger partial charge in [0.15, 0.2) is 5.82 Å². The summed E-state index contributed by atoms with van der Waals surface area (Å²) in [5.74, 6) is 0.835. The summed E-state index contributed by atoms with van der Waals surface area (Å²) in [6.45, 7) is 2.34. The summed E-state index contributed by atoms with van der Waals surface area (Å²) < 4.78 is 3.44. The molecule has 0 radical (unpaired) electrons. The summed E-state index contributed by atoms with van der Waals surface area (Å²) in [5.41, 5.74) is 0.895. The van der Waals surface area contributed by atoms with Crippen molar-refractivity contribution in [3.05, 3.63) is 24.0 Å². The lowest BCUT2D eigenvalue weighted by molar-refractivity contribution is 0.276. The van der Waals surface area contributed by atoms with Gasteiger partial charge in [-0.05, 0) is 6.42 Å². The zero-order valence-corrected chi connectivity index (χ0v) is 11.0. The van der Waals surface area contributed by atoms with E-state index in [1.54, 1.807) is 15.7 Å². The lowest BCUT2D eigenvalue weighted by atomic mass is 10.4. The fourth-order valence-electron chi connectivity index (χ4n) is 1.68. The molecule has 2 rings (SSSR count). The van der Waals surface area contributed by atoms with Crippen LogP contribution in [0.3, 0.4) is 0 Å². The number of rotatable bonds is 8. The molecule has 0 fully saturated rings. The maximum atomic E-state index is 8.73. The Labute approximate surface area is 111 Å². The Balaban J connectivity index is 1.66. The van der Waals surface area contributed by atoms with Crippen LogP contribution in [0.1, 0.15) is 17.9 Å². The highest BCUT2D eigenvalue weighted by Crippen LogP contribution is 1.95. The molecule has 2 aromatic rings. The molecule has 2 heterocycles. The minimum atomic E-state index is 0.171. The molecule has 0 unspecified atom stereocenters. The number of aromatic nitrogens is 6. The predicted molar refractivity (Wildman–Crippen MR) is 68.1 cm³/mol. The van der Waals surface area contributed by atoms with Gasteiger partial charge in [0.05, 0.1) is 5.69 Å². The van der Waals surface area contributed by atoms with Crippen molar-refractivity contribution in [2.45, 2.75) is 25.9 Å². The molecule has 19 heavy (non-hydrogen) atoms. The molecule has 0 atom stereocenters. The van der Waals surface area contributed by atoms with Gasteiger partial charge in [-0.2, -0.15) is 5.10 Å². The van der Waals surface area contributed by atoms with Crippen LogP contribution in [0.2, 0.25) is 0 Å². The normalized spacial score (nSPS) is 11.1. The molecule has 2 aromatic heterocycles. The molecule has 0 aromatic carbocycles. The molecule has 0 saturated heterocycles. The third-order valence-electron chi connectivity index (χ3n) is 2.61. The van der Waals surface area contributed by atoms with E-state index in [0.29, 0.717) is 19.5 Å². The van der Waals surface area contributed by atoms with Gasteiger partial charge in [-0.25, -0.2) is 4.98 Å². The van der Waals surface area contributed by atoms with E-state index in [4.69, 9.17) is 5.11 Å². The van der Waals surface area contributed by atoms with E-state index >= 15 is 0 Å². The molecule has 0 aliphatic carbocycles. The van der Waals surface area contributed by atoms with Crippen LogP contribution in [0.5, 0.6) is 0 Å². The monoisotopic (exact) mass is 265 g/mol. The van der Waals surface area contributed by atoms with Crippen molar-refractivity contribution in [2.75, 3.05) is 13.2 Å². The minimum Gasteiger partial charge on any atom is -0.396 e. The first-order valence-electron chi connectivity index (χ1n) is 6.33. The largest absolute Gasteiger partial charge is 0.396 e. The van der Waals surface area contributed by atoms with Crippen LogP contribution in [0.4, 0.5) is 0 Å². The van der Waals surface area contributed by atoms with E-state index in [9.17, 15) is 0 Å². The van der Waals surface area contributed by atoms with E-state index in [-0.39, 0.29) is 6.61 Å². The van der Waals surface area contributed by atoms with Crippen molar-refractivity contribution in [2.24, 2.45) is 7.05 Å². The average molecular weight is 265 g/mol. The van der Waals surface area contributed by atoms with E-state index in [2.05, 4.69) is 25.7 Å². The molecule has 8 nitrogen and oxygen atoms in total. The first-order valence-corrected chi connectivity index (χ1v) is 6.33. The van der Waals surface area contributed by atoms with Crippen molar-refractivity contribution in [1.29, 1.82) is 0 Å². The average Bonchev–Trinajstić information content (AvgIpc) is 3.01. The quantitative estimate of drug-likeness (QED) is 0.602. The van der Waals surface area contributed by atoms with Crippen molar-refractivity contribution >= 4 is 0 Å². The highest BCUT2D eigenvalue weighted by molar-refractivity contribution is 4.92. The van der Waals surface area contributed by atoms with E-state index in [1.165, 1.54) is 0 Å². The third kappa shape index (κ3) is 4.42. The summed E-state index contributed by atoms with van der Waals surface area (Å²) in [7, 11) is 1.86. The van der Waals surface area contributed by atoms with Crippen LogP contribution in [0.25, 0.3) is 0 Å². The Morgan fingerprint density at radius 2 is 2.32 bits per heavy atom. The first kappa shape index (κ1) is 13.6. The number of hydrogen-bond donors (Lipinski definition) is 2. The van der Waals surface area contributed by atoms with Crippen LogP contribution in [0.15, 0.2) is 12.5 Å². The lowest BCUT2D eigenvalue weighted by Gasteiger charge is -1.99. The van der Waals surface area contributed by atoms with E-state index < -0.39 is 0 Å². The van der Waals surface area contributed by atoms with Crippen LogP contribution < -0.4 is 5.32 Å². The fraction of sp³-hybridized carbons (Fsp3) is 0.636. The maximum absolute atomic E-state index is 8.73. The van der Waals surface area contributed by atoms with Crippen LogP contribution in [0, 0.1) is 0 Å². The Hall–Kier alpha value is -1.80. The van der Waals surface area contributed by atoms with Gasteiger partial charge in [-0.15, -0.1) is 5.10 Å². The Morgan fingerprint density at radius 3 is 3.05 bits per heavy atom. The van der Waals surface area contributed by atoms with Gasteiger partial charge in [0.2, 0.25) is 0 Å². The zero-order valence-electron chi connectivity index (χ0n) is 11.0. The van der Waals surface area contributed by atoms with Crippen molar-refractivity contribution in [3.63, 3.8) is 0 Å². The van der Waals surface area contributed by atoms with Gasteiger partial charge in [-0.1, -0.05) is 5.21 Å². The fourth-order valence-corrected chi connectivity index (χ4v) is 1.68. The SMILES string of the molecule is Cn1cnc(CCNCc2cn(CCCO)nn2)n1. The molecule has 104 valence electrons. The smallest absolute Gasteiger partial charge is 0.151 e. The zero-order chi connectivity index (χ0) is 13.5. The molecule has 0 bridgehead atoms. The Bertz CT molecular complexity index is 493. The summed E-state index contributed by atoms with van der Waals surface area (Å²) >= 11 is 0. The maximum Gasteiger partial charge on any atom is 0.151 e. The highest BCUT2D eigenvalue weighted by atomic mass is 16.3. The number of aliphatic hydroxyl groups is 1. The van der Waals surface area contributed by atoms with Gasteiger partial charge in [-0.3, -0.25) is 9.36 Å². The van der Waals surface area contributed by atoms with Crippen LogP contribution in [-0.4, -0.2) is 48.0 Å². The van der Waals surface area contributed by atoms with Crippen molar-refractivity contribution in [3.8, 4) is 0 Å². The number of nitrogens with one attached hydrogen (secondary N) is 1. The number of aliphatic hydroxyl groups excluding tert-OH is 1. The molecule has 0 spiro atoms. The second kappa shape index (κ2) is 6.95. The molecular weight excluding hydrogens is 246 g/mol. The van der Waals surface area contributed by atoms with Gasteiger partial charge in [0, 0.05) is 45.9 Å². The summed E-state index contributed by atoms with van der Waals surface area (Å²) in [6, 6.07) is 0.